The van der Waals surface area contributed by atoms with Crippen LogP contribution in [0.5, 0.6) is 0 Å². The number of benzene rings is 1. The highest BCUT2D eigenvalue weighted by atomic mass is 35.5. The zero-order valence-electron chi connectivity index (χ0n) is 12.5. The molecule has 1 aromatic rings. The first kappa shape index (κ1) is 17.0. The van der Waals surface area contributed by atoms with E-state index < -0.39 is 15.3 Å². The Kier molecular flexibility index (Phi) is 5.26. The number of hydrogen-bond donors (Lipinski definition) is 1. The highest BCUT2D eigenvalue weighted by Crippen LogP contribution is 2.19. The first-order valence-electron chi connectivity index (χ1n) is 6.99. The van der Waals surface area contributed by atoms with E-state index in [9.17, 15) is 13.2 Å². The fourth-order valence-corrected chi connectivity index (χ4v) is 3.70. The number of halogens is 1. The summed E-state index contributed by atoms with van der Waals surface area (Å²) in [7, 11) is -1.94. The lowest BCUT2D eigenvalue weighted by atomic mass is 10.1. The smallest absolute Gasteiger partial charge is 0.249 e. The van der Waals surface area contributed by atoms with E-state index in [2.05, 4.69) is 4.72 Å². The lowest BCUT2D eigenvalue weighted by molar-refractivity contribution is -0.125. The van der Waals surface area contributed by atoms with E-state index >= 15 is 0 Å². The summed E-state index contributed by atoms with van der Waals surface area (Å²) in [6.45, 7) is 2.42. The summed E-state index contributed by atoms with van der Waals surface area (Å²) in [6, 6.07) is 7.18. The standard InChI is InChI=1S/C15H19ClN2O3S/c1-11(9-12-3-5-13(16)6-4-12)15(19)18-8-7-14(10-18)22(20,21)17-2/h3-6,9,14,17H,7-8,10H2,1-2H3. The molecule has 1 aliphatic rings. The van der Waals surface area contributed by atoms with Gasteiger partial charge in [-0.3, -0.25) is 4.79 Å². The van der Waals surface area contributed by atoms with Crippen molar-refractivity contribution in [2.75, 3.05) is 20.1 Å². The topological polar surface area (TPSA) is 66.5 Å². The van der Waals surface area contributed by atoms with Crippen molar-refractivity contribution in [3.05, 3.63) is 40.4 Å². The van der Waals surface area contributed by atoms with Crippen molar-refractivity contribution in [1.82, 2.24) is 9.62 Å². The number of nitrogens with one attached hydrogen (secondary N) is 1. The highest BCUT2D eigenvalue weighted by Gasteiger charge is 2.34. The molecule has 0 bridgehead atoms. The van der Waals surface area contributed by atoms with E-state index in [-0.39, 0.29) is 12.5 Å². The van der Waals surface area contributed by atoms with Crippen molar-refractivity contribution >= 4 is 33.6 Å². The zero-order chi connectivity index (χ0) is 16.3. The van der Waals surface area contributed by atoms with Crippen LogP contribution in [0.2, 0.25) is 5.02 Å². The van der Waals surface area contributed by atoms with Gasteiger partial charge in [0.05, 0.1) is 5.25 Å². The number of likely N-dealkylation sites (tertiary alicyclic amines) is 1. The van der Waals surface area contributed by atoms with Gasteiger partial charge in [-0.2, -0.15) is 0 Å². The Morgan fingerprint density at radius 1 is 1.36 bits per heavy atom. The molecule has 1 aromatic carbocycles. The summed E-state index contributed by atoms with van der Waals surface area (Å²) in [5, 5.41) is 0.102. The molecule has 1 heterocycles. The van der Waals surface area contributed by atoms with Gasteiger partial charge < -0.3 is 4.90 Å². The van der Waals surface area contributed by atoms with E-state index in [1.807, 2.05) is 12.1 Å². The third kappa shape index (κ3) is 3.88. The average Bonchev–Trinajstić information content (AvgIpc) is 2.99. The van der Waals surface area contributed by atoms with Gasteiger partial charge in [0.15, 0.2) is 0 Å². The van der Waals surface area contributed by atoms with Crippen LogP contribution in [0.3, 0.4) is 0 Å². The molecule has 0 spiro atoms. The second-order valence-electron chi connectivity index (χ2n) is 5.29. The third-order valence-electron chi connectivity index (χ3n) is 3.75. The Hall–Kier alpha value is -1.37. The van der Waals surface area contributed by atoms with Crippen LogP contribution in [0.15, 0.2) is 29.8 Å². The number of hydrogen-bond acceptors (Lipinski definition) is 3. The minimum atomic E-state index is -3.33. The van der Waals surface area contributed by atoms with Crippen LogP contribution in [-0.2, 0) is 14.8 Å². The van der Waals surface area contributed by atoms with E-state index in [4.69, 9.17) is 11.6 Å². The van der Waals surface area contributed by atoms with Crippen molar-refractivity contribution in [2.45, 2.75) is 18.6 Å². The second-order valence-corrected chi connectivity index (χ2v) is 7.89. The van der Waals surface area contributed by atoms with Gasteiger partial charge in [0.25, 0.3) is 0 Å². The number of rotatable bonds is 4. The largest absolute Gasteiger partial charge is 0.338 e. The lowest BCUT2D eigenvalue weighted by Crippen LogP contribution is -2.36. The molecule has 1 unspecified atom stereocenters. The fourth-order valence-electron chi connectivity index (χ4n) is 2.45. The Morgan fingerprint density at radius 2 is 2.00 bits per heavy atom. The van der Waals surface area contributed by atoms with E-state index in [0.717, 1.165) is 5.56 Å². The molecule has 2 rings (SSSR count). The van der Waals surface area contributed by atoms with Crippen LogP contribution >= 0.6 is 11.6 Å². The Labute approximate surface area is 136 Å². The summed E-state index contributed by atoms with van der Waals surface area (Å²) in [4.78, 5) is 14.0. The Balaban J connectivity index is 2.07. The number of nitrogens with zero attached hydrogens (tertiary/aromatic N) is 1. The van der Waals surface area contributed by atoms with Crippen LogP contribution in [0.4, 0.5) is 0 Å². The van der Waals surface area contributed by atoms with Crippen molar-refractivity contribution in [2.24, 2.45) is 0 Å². The summed E-state index contributed by atoms with van der Waals surface area (Å²) < 4.78 is 25.9. The van der Waals surface area contributed by atoms with Gasteiger partial charge in [-0.25, -0.2) is 13.1 Å². The molecule has 1 amide bonds. The molecule has 1 N–H and O–H groups in total. The van der Waals surface area contributed by atoms with Gasteiger partial charge >= 0.3 is 0 Å². The number of carbonyl (C=O) groups is 1. The number of amides is 1. The SMILES string of the molecule is CNS(=O)(=O)C1CCN(C(=O)C(C)=Cc2ccc(Cl)cc2)C1. The van der Waals surface area contributed by atoms with Crippen LogP contribution < -0.4 is 4.72 Å². The highest BCUT2D eigenvalue weighted by molar-refractivity contribution is 7.90. The van der Waals surface area contributed by atoms with Crippen molar-refractivity contribution in [1.29, 1.82) is 0 Å². The maximum atomic E-state index is 12.4. The fraction of sp³-hybridized carbons (Fsp3) is 0.400. The summed E-state index contributed by atoms with van der Waals surface area (Å²) in [5.41, 5.74) is 1.46. The molecule has 120 valence electrons. The minimum Gasteiger partial charge on any atom is -0.338 e. The van der Waals surface area contributed by atoms with Crippen molar-refractivity contribution < 1.29 is 13.2 Å². The van der Waals surface area contributed by atoms with Crippen molar-refractivity contribution in [3.63, 3.8) is 0 Å². The Morgan fingerprint density at radius 3 is 2.59 bits per heavy atom. The van der Waals surface area contributed by atoms with Crippen LogP contribution in [0, 0.1) is 0 Å². The molecule has 0 aliphatic carbocycles. The predicted octanol–water partition coefficient (Wildman–Crippen LogP) is 1.89. The van der Waals surface area contributed by atoms with E-state index in [0.29, 0.717) is 23.6 Å². The summed E-state index contributed by atoms with van der Waals surface area (Å²) in [6.07, 6.45) is 2.24. The maximum Gasteiger partial charge on any atom is 0.249 e. The molecule has 1 atom stereocenters. The molecule has 0 radical (unpaired) electrons. The maximum absolute atomic E-state index is 12.4. The molecule has 1 aliphatic heterocycles. The molecule has 1 saturated heterocycles. The molecular weight excluding hydrogens is 324 g/mol. The van der Waals surface area contributed by atoms with Gasteiger partial charge in [-0.05, 0) is 44.2 Å². The molecule has 0 aromatic heterocycles. The Bertz CT molecular complexity index is 683. The normalized spacial score (nSPS) is 19.5. The first-order chi connectivity index (χ1) is 10.3. The zero-order valence-corrected chi connectivity index (χ0v) is 14.1. The predicted molar refractivity (Wildman–Crippen MR) is 88.1 cm³/mol. The second kappa shape index (κ2) is 6.81. The van der Waals surface area contributed by atoms with Gasteiger partial charge in [-0.1, -0.05) is 23.7 Å². The van der Waals surface area contributed by atoms with E-state index in [1.165, 1.54) is 7.05 Å². The van der Waals surface area contributed by atoms with Gasteiger partial charge in [0.1, 0.15) is 0 Å². The molecule has 7 heteroatoms. The minimum absolute atomic E-state index is 0.135. The quantitative estimate of drug-likeness (QED) is 0.850. The third-order valence-corrected chi connectivity index (χ3v) is 5.83. The monoisotopic (exact) mass is 342 g/mol. The van der Waals surface area contributed by atoms with Gasteiger partial charge in [-0.15, -0.1) is 0 Å². The first-order valence-corrected chi connectivity index (χ1v) is 8.91. The van der Waals surface area contributed by atoms with E-state index in [1.54, 1.807) is 30.0 Å². The molecule has 5 nitrogen and oxygen atoms in total. The molecular formula is C15H19ClN2O3S. The molecule has 1 fully saturated rings. The average molecular weight is 343 g/mol. The summed E-state index contributed by atoms with van der Waals surface area (Å²) >= 11 is 5.83. The molecule has 22 heavy (non-hydrogen) atoms. The number of sulfonamides is 1. The van der Waals surface area contributed by atoms with Crippen LogP contribution in [-0.4, -0.2) is 44.6 Å². The lowest BCUT2D eigenvalue weighted by Gasteiger charge is -2.17. The number of carbonyl (C=O) groups excluding carboxylic acids is 1. The van der Waals surface area contributed by atoms with Crippen molar-refractivity contribution in [3.8, 4) is 0 Å². The molecule has 0 saturated carbocycles. The van der Waals surface area contributed by atoms with Gasteiger partial charge in [0.2, 0.25) is 15.9 Å². The summed E-state index contributed by atoms with van der Waals surface area (Å²) in [5.74, 6) is -0.135. The van der Waals surface area contributed by atoms with Crippen LogP contribution in [0.1, 0.15) is 18.9 Å². The van der Waals surface area contributed by atoms with Crippen LogP contribution in [0.25, 0.3) is 6.08 Å². The van der Waals surface area contributed by atoms with Gasteiger partial charge in [0, 0.05) is 23.7 Å².